The van der Waals surface area contributed by atoms with Gasteiger partial charge in [-0.05, 0) is 26.7 Å². The highest BCUT2D eigenvalue weighted by Crippen LogP contribution is 2.14. The van der Waals surface area contributed by atoms with E-state index >= 15 is 0 Å². The third-order valence-electron chi connectivity index (χ3n) is 2.24. The molecule has 1 aliphatic heterocycles. The van der Waals surface area contributed by atoms with Gasteiger partial charge in [0.15, 0.2) is 0 Å². The van der Waals surface area contributed by atoms with Crippen LogP contribution >= 0.6 is 0 Å². The number of carbonyl (C=O) groups is 1. The van der Waals surface area contributed by atoms with Crippen molar-refractivity contribution in [1.82, 2.24) is 5.32 Å². The third-order valence-corrected chi connectivity index (χ3v) is 2.24. The highest BCUT2D eigenvalue weighted by atomic mass is 16.1. The zero-order valence-electron chi connectivity index (χ0n) is 7.39. The number of carbonyl (C=O) groups excluding carboxylic acids is 1. The molecule has 0 saturated carbocycles. The number of nitrogens with one attached hydrogen (secondary N) is 1. The summed E-state index contributed by atoms with van der Waals surface area (Å²) in [5.74, 6) is 0.302. The lowest BCUT2D eigenvalue weighted by Crippen LogP contribution is -2.41. The Morgan fingerprint density at radius 3 is 2.82 bits per heavy atom. The minimum absolute atomic E-state index is 0.302. The van der Waals surface area contributed by atoms with Gasteiger partial charge in [0, 0.05) is 18.5 Å². The highest BCUT2D eigenvalue weighted by Gasteiger charge is 2.18. The van der Waals surface area contributed by atoms with Crippen molar-refractivity contribution in [2.75, 3.05) is 0 Å². The predicted octanol–water partition coefficient (Wildman–Crippen LogP) is 1.50. The van der Waals surface area contributed by atoms with E-state index in [2.05, 4.69) is 12.2 Å². The fraction of sp³-hybridized carbons (Fsp3) is 0.889. The molecule has 2 heteroatoms. The summed E-state index contributed by atoms with van der Waals surface area (Å²) in [6.45, 7) is 3.85. The first-order valence-corrected chi connectivity index (χ1v) is 4.44. The van der Waals surface area contributed by atoms with Gasteiger partial charge in [-0.3, -0.25) is 4.79 Å². The van der Waals surface area contributed by atoms with E-state index in [-0.39, 0.29) is 0 Å². The summed E-state index contributed by atoms with van der Waals surface area (Å²) >= 11 is 0. The molecular formula is C9H17NO. The van der Waals surface area contributed by atoms with Crippen molar-refractivity contribution in [3.05, 3.63) is 0 Å². The quantitative estimate of drug-likeness (QED) is 0.654. The molecule has 1 unspecified atom stereocenters. The first-order chi connectivity index (χ1) is 5.18. The molecule has 64 valence electrons. The molecule has 0 aliphatic carbocycles. The molecule has 0 aromatic heterocycles. The molecule has 1 saturated heterocycles. The van der Waals surface area contributed by atoms with Gasteiger partial charge in [0.1, 0.15) is 5.78 Å². The normalized spacial score (nSPS) is 31.8. The van der Waals surface area contributed by atoms with E-state index in [1.54, 1.807) is 6.92 Å². The predicted molar refractivity (Wildman–Crippen MR) is 45.5 cm³/mol. The number of rotatable bonds is 2. The van der Waals surface area contributed by atoms with Gasteiger partial charge in [0.05, 0.1) is 0 Å². The summed E-state index contributed by atoms with van der Waals surface area (Å²) in [5, 5.41) is 3.43. The molecule has 11 heavy (non-hydrogen) atoms. The van der Waals surface area contributed by atoms with E-state index in [0.717, 1.165) is 0 Å². The summed E-state index contributed by atoms with van der Waals surface area (Å²) in [5.41, 5.74) is 0. The largest absolute Gasteiger partial charge is 0.311 e. The molecule has 2 nitrogen and oxygen atoms in total. The fourth-order valence-electron chi connectivity index (χ4n) is 1.75. The lowest BCUT2D eigenvalue weighted by atomic mass is 9.96. The Labute approximate surface area is 68.4 Å². The minimum Gasteiger partial charge on any atom is -0.311 e. The van der Waals surface area contributed by atoms with Crippen LogP contribution in [0.15, 0.2) is 0 Å². The average Bonchev–Trinajstić information content (AvgIpc) is 1.85. The van der Waals surface area contributed by atoms with Crippen LogP contribution in [0, 0.1) is 0 Å². The highest BCUT2D eigenvalue weighted by molar-refractivity contribution is 5.76. The van der Waals surface area contributed by atoms with Gasteiger partial charge in [-0.2, -0.15) is 0 Å². The molecule has 1 aliphatic rings. The second kappa shape index (κ2) is 3.86. The molecule has 0 radical (unpaired) electrons. The summed E-state index contributed by atoms with van der Waals surface area (Å²) in [6, 6.07) is 1.06. The Morgan fingerprint density at radius 2 is 2.27 bits per heavy atom. The van der Waals surface area contributed by atoms with Gasteiger partial charge >= 0.3 is 0 Å². The maximum atomic E-state index is 10.8. The number of hydrogen-bond acceptors (Lipinski definition) is 2. The van der Waals surface area contributed by atoms with Crippen LogP contribution in [0.5, 0.6) is 0 Å². The van der Waals surface area contributed by atoms with Crippen molar-refractivity contribution in [3.63, 3.8) is 0 Å². The number of hydrogen-bond donors (Lipinski definition) is 1. The van der Waals surface area contributed by atoms with E-state index in [9.17, 15) is 4.79 Å². The van der Waals surface area contributed by atoms with E-state index in [0.29, 0.717) is 24.3 Å². The Balaban J connectivity index is 2.28. The standard InChI is InChI=1S/C9H17NO/c1-7-4-3-5-9(10-7)6-8(2)11/h7,9-10H,3-6H2,1-2H3/t7-,9?/m1/s1. The molecule has 2 atom stereocenters. The van der Waals surface area contributed by atoms with Gasteiger partial charge < -0.3 is 5.32 Å². The Hall–Kier alpha value is -0.370. The van der Waals surface area contributed by atoms with Crippen LogP contribution in [-0.2, 0) is 4.79 Å². The van der Waals surface area contributed by atoms with E-state index in [1.807, 2.05) is 0 Å². The van der Waals surface area contributed by atoms with Gasteiger partial charge in [-0.15, -0.1) is 0 Å². The van der Waals surface area contributed by atoms with E-state index in [1.165, 1.54) is 19.3 Å². The summed E-state index contributed by atoms with van der Waals surface area (Å²) in [6.07, 6.45) is 4.41. The number of piperidine rings is 1. The SMILES string of the molecule is CC(=O)CC1CCC[C@@H](C)N1. The lowest BCUT2D eigenvalue weighted by Gasteiger charge is -2.27. The van der Waals surface area contributed by atoms with E-state index < -0.39 is 0 Å². The second-order valence-electron chi connectivity index (χ2n) is 3.60. The van der Waals surface area contributed by atoms with Crippen molar-refractivity contribution >= 4 is 5.78 Å². The molecule has 1 heterocycles. The van der Waals surface area contributed by atoms with Crippen LogP contribution in [0.3, 0.4) is 0 Å². The van der Waals surface area contributed by atoms with Gasteiger partial charge in [-0.1, -0.05) is 6.42 Å². The van der Waals surface area contributed by atoms with Crippen molar-refractivity contribution in [2.45, 2.75) is 51.6 Å². The van der Waals surface area contributed by atoms with Gasteiger partial charge in [0.2, 0.25) is 0 Å². The smallest absolute Gasteiger partial charge is 0.131 e. The lowest BCUT2D eigenvalue weighted by molar-refractivity contribution is -0.117. The van der Waals surface area contributed by atoms with Crippen molar-refractivity contribution in [3.8, 4) is 0 Å². The molecular weight excluding hydrogens is 138 g/mol. The van der Waals surface area contributed by atoms with Gasteiger partial charge in [-0.25, -0.2) is 0 Å². The van der Waals surface area contributed by atoms with E-state index in [4.69, 9.17) is 0 Å². The Bertz CT molecular complexity index is 144. The molecule has 0 aromatic rings. The zero-order chi connectivity index (χ0) is 8.27. The molecule has 1 rings (SSSR count). The minimum atomic E-state index is 0.302. The Morgan fingerprint density at radius 1 is 1.55 bits per heavy atom. The fourth-order valence-corrected chi connectivity index (χ4v) is 1.75. The molecule has 1 fully saturated rings. The van der Waals surface area contributed by atoms with Crippen LogP contribution in [0.25, 0.3) is 0 Å². The summed E-state index contributed by atoms with van der Waals surface area (Å²) in [4.78, 5) is 10.8. The Kier molecular flexibility index (Phi) is 3.06. The van der Waals surface area contributed by atoms with Crippen molar-refractivity contribution < 1.29 is 4.79 Å². The number of ketones is 1. The topological polar surface area (TPSA) is 29.1 Å². The summed E-state index contributed by atoms with van der Waals surface area (Å²) in [7, 11) is 0. The first-order valence-electron chi connectivity index (χ1n) is 4.44. The first kappa shape index (κ1) is 8.72. The van der Waals surface area contributed by atoms with Crippen LogP contribution in [0.4, 0.5) is 0 Å². The maximum Gasteiger partial charge on any atom is 0.131 e. The number of Topliss-reactive ketones (excluding diaryl/α,β-unsaturated/α-hetero) is 1. The zero-order valence-corrected chi connectivity index (χ0v) is 7.39. The molecule has 0 spiro atoms. The van der Waals surface area contributed by atoms with Crippen molar-refractivity contribution in [1.29, 1.82) is 0 Å². The third kappa shape index (κ3) is 3.02. The van der Waals surface area contributed by atoms with Crippen LogP contribution in [0.2, 0.25) is 0 Å². The van der Waals surface area contributed by atoms with Crippen molar-refractivity contribution in [2.24, 2.45) is 0 Å². The monoisotopic (exact) mass is 155 g/mol. The molecule has 0 aromatic carbocycles. The summed E-state index contributed by atoms with van der Waals surface area (Å²) < 4.78 is 0. The van der Waals surface area contributed by atoms with Gasteiger partial charge in [0.25, 0.3) is 0 Å². The molecule has 0 amide bonds. The second-order valence-corrected chi connectivity index (χ2v) is 3.60. The molecule has 1 N–H and O–H groups in total. The van der Waals surface area contributed by atoms with Crippen LogP contribution in [-0.4, -0.2) is 17.9 Å². The van der Waals surface area contributed by atoms with Crippen LogP contribution < -0.4 is 5.32 Å². The molecule has 0 bridgehead atoms. The van der Waals surface area contributed by atoms with Crippen LogP contribution in [0.1, 0.15) is 39.5 Å². The maximum absolute atomic E-state index is 10.8. The average molecular weight is 155 g/mol.